The van der Waals surface area contributed by atoms with Crippen molar-refractivity contribution in [3.8, 4) is 5.75 Å². The van der Waals surface area contributed by atoms with Gasteiger partial charge in [0.05, 0.1) is 22.0 Å². The molecule has 0 heterocycles. The second kappa shape index (κ2) is 10.7. The largest absolute Gasteiger partial charge is 0.505 e. The summed E-state index contributed by atoms with van der Waals surface area (Å²) in [5, 5.41) is 21.8. The maximum atomic E-state index is 12.1. The van der Waals surface area contributed by atoms with Gasteiger partial charge in [0.25, 0.3) is 30.4 Å². The number of fused-ring (bicyclic) bond motifs is 1. The predicted octanol–water partition coefficient (Wildman–Crippen LogP) is 2.78. The first kappa shape index (κ1) is 30.3. The van der Waals surface area contributed by atoms with Gasteiger partial charge in [-0.1, -0.05) is 6.58 Å². The van der Waals surface area contributed by atoms with Crippen LogP contribution in [0.25, 0.3) is 10.8 Å². The predicted molar refractivity (Wildman–Crippen MR) is 139 cm³/mol. The molecule has 3 aromatic rings. The molecule has 3 rings (SSSR count). The molecule has 212 valence electrons. The van der Waals surface area contributed by atoms with E-state index in [-0.39, 0.29) is 22.1 Å². The fourth-order valence-electron chi connectivity index (χ4n) is 3.37. The van der Waals surface area contributed by atoms with Crippen molar-refractivity contribution >= 4 is 75.7 Å². The van der Waals surface area contributed by atoms with Gasteiger partial charge in [0, 0.05) is 12.3 Å². The first-order valence-corrected chi connectivity index (χ1v) is 14.7. The van der Waals surface area contributed by atoms with Crippen LogP contribution in [0.5, 0.6) is 5.75 Å². The van der Waals surface area contributed by atoms with Crippen LogP contribution in [0.1, 0.15) is 6.92 Å². The molecular formula is C21H18N4O12S3. The van der Waals surface area contributed by atoms with E-state index in [1.54, 1.807) is 0 Å². The monoisotopic (exact) mass is 614 g/mol. The molecule has 0 atom stereocenters. The van der Waals surface area contributed by atoms with Crippen molar-refractivity contribution in [1.82, 2.24) is 0 Å². The van der Waals surface area contributed by atoms with Crippen LogP contribution in [0.3, 0.4) is 0 Å². The number of hydrogen-bond acceptors (Lipinski definition) is 11. The summed E-state index contributed by atoms with van der Waals surface area (Å²) in [6.45, 7) is 4.24. The smallest absolute Gasteiger partial charge is 0.296 e. The van der Waals surface area contributed by atoms with E-state index < -0.39 is 74.0 Å². The van der Waals surface area contributed by atoms with E-state index in [2.05, 4.69) is 27.4 Å². The molecule has 0 radical (unpaired) electrons. The van der Waals surface area contributed by atoms with Gasteiger partial charge >= 0.3 is 0 Å². The molecule has 0 saturated heterocycles. The van der Waals surface area contributed by atoms with Crippen molar-refractivity contribution < 1.29 is 53.6 Å². The number of nitrogens with zero attached hydrogens (tertiary/aromatic N) is 2. The molecule has 0 unspecified atom stereocenters. The zero-order valence-corrected chi connectivity index (χ0v) is 22.4. The number of anilines is 2. The molecule has 0 aliphatic heterocycles. The second-order valence-electron chi connectivity index (χ2n) is 7.82. The normalized spacial score (nSPS) is 12.4. The first-order valence-electron chi connectivity index (χ1n) is 10.4. The van der Waals surface area contributed by atoms with Crippen molar-refractivity contribution in [3.63, 3.8) is 0 Å². The average Bonchev–Trinajstić information content (AvgIpc) is 2.81. The van der Waals surface area contributed by atoms with Crippen molar-refractivity contribution in [2.24, 2.45) is 10.2 Å². The molecule has 19 heteroatoms. The lowest BCUT2D eigenvalue weighted by Crippen LogP contribution is -2.11. The SMILES string of the molecule is C=CC(=O)Nc1ccc(N=Nc2c(S(=O)(=O)O)cc3cc(S(=O)(=O)O)cc(NC(C)=O)c3c2O)cc1S(=O)(=O)O. The van der Waals surface area contributed by atoms with Gasteiger partial charge in [-0.2, -0.15) is 30.4 Å². The van der Waals surface area contributed by atoms with E-state index in [0.29, 0.717) is 6.07 Å². The first-order chi connectivity index (χ1) is 18.3. The molecule has 3 aromatic carbocycles. The molecule has 0 aliphatic rings. The zero-order valence-electron chi connectivity index (χ0n) is 19.9. The van der Waals surface area contributed by atoms with Gasteiger partial charge in [0.1, 0.15) is 15.5 Å². The van der Waals surface area contributed by atoms with Gasteiger partial charge in [-0.15, -0.1) is 5.11 Å². The highest BCUT2D eigenvalue weighted by Crippen LogP contribution is 2.45. The van der Waals surface area contributed by atoms with Crippen molar-refractivity contribution in [2.75, 3.05) is 10.6 Å². The highest BCUT2D eigenvalue weighted by molar-refractivity contribution is 7.86. The fraction of sp³-hybridized carbons (Fsp3) is 0.0476. The van der Waals surface area contributed by atoms with Gasteiger partial charge in [-0.05, 0) is 47.9 Å². The summed E-state index contributed by atoms with van der Waals surface area (Å²) in [6.07, 6.45) is 0.828. The summed E-state index contributed by atoms with van der Waals surface area (Å²) in [5.74, 6) is -2.59. The summed E-state index contributed by atoms with van der Waals surface area (Å²) in [4.78, 5) is 20.6. The summed E-state index contributed by atoms with van der Waals surface area (Å²) in [6, 6.07) is 5.03. The number of aromatic hydroxyl groups is 1. The minimum atomic E-state index is -5.20. The lowest BCUT2D eigenvalue weighted by atomic mass is 10.1. The Hall–Kier alpha value is -4.27. The molecule has 2 amide bonds. The lowest BCUT2D eigenvalue weighted by molar-refractivity contribution is -0.114. The Bertz CT molecular complexity index is 1950. The van der Waals surface area contributed by atoms with Crippen molar-refractivity contribution in [2.45, 2.75) is 21.6 Å². The van der Waals surface area contributed by atoms with Crippen LogP contribution >= 0.6 is 0 Å². The molecule has 16 nitrogen and oxygen atoms in total. The van der Waals surface area contributed by atoms with Gasteiger partial charge in [0.15, 0.2) is 5.75 Å². The number of hydrogen-bond donors (Lipinski definition) is 6. The molecule has 0 fully saturated rings. The third-order valence-electron chi connectivity index (χ3n) is 4.96. The van der Waals surface area contributed by atoms with E-state index >= 15 is 0 Å². The van der Waals surface area contributed by atoms with Crippen LogP contribution in [0.4, 0.5) is 22.7 Å². The Balaban J connectivity index is 2.33. The number of amides is 2. The zero-order chi connectivity index (χ0) is 30.2. The highest BCUT2D eigenvalue weighted by atomic mass is 32.2. The molecule has 0 aliphatic carbocycles. The standard InChI is InChI=1S/C21H18N4O12S3/c1-3-18(27)23-14-5-4-12(8-16(14)39(32,33)34)24-25-20-17(40(35,36)37)7-11-6-13(38(29,30)31)9-15(22-10(2)26)19(11)21(20)28/h3-9,28H,1H2,2H3,(H,22,26)(H,23,27)(H,29,30,31)(H,32,33,34)(H,35,36,37). The minimum absolute atomic E-state index is 0.353. The van der Waals surface area contributed by atoms with Crippen LogP contribution in [-0.2, 0) is 39.9 Å². The Morgan fingerprint density at radius 2 is 1.45 bits per heavy atom. The third-order valence-corrected chi connectivity index (χ3v) is 7.55. The van der Waals surface area contributed by atoms with E-state index in [4.69, 9.17) is 0 Å². The van der Waals surface area contributed by atoms with Crippen LogP contribution in [0.15, 0.2) is 74.0 Å². The average molecular weight is 615 g/mol. The van der Waals surface area contributed by atoms with Crippen LogP contribution in [0, 0.1) is 0 Å². The molecule has 6 N–H and O–H groups in total. The Morgan fingerprint density at radius 1 is 0.825 bits per heavy atom. The van der Waals surface area contributed by atoms with Gasteiger partial charge in [-0.25, -0.2) is 0 Å². The molecule has 0 saturated carbocycles. The van der Waals surface area contributed by atoms with E-state index in [0.717, 1.165) is 43.3 Å². The van der Waals surface area contributed by atoms with Crippen molar-refractivity contribution in [3.05, 3.63) is 49.1 Å². The van der Waals surface area contributed by atoms with Gasteiger partial charge < -0.3 is 15.7 Å². The Kier molecular flexibility index (Phi) is 8.11. The maximum Gasteiger partial charge on any atom is 0.296 e. The van der Waals surface area contributed by atoms with Crippen LogP contribution < -0.4 is 10.6 Å². The number of carbonyl (C=O) groups excluding carboxylic acids is 2. The van der Waals surface area contributed by atoms with Gasteiger partial charge in [0.2, 0.25) is 11.8 Å². The number of rotatable bonds is 8. The highest BCUT2D eigenvalue weighted by Gasteiger charge is 2.26. The van der Waals surface area contributed by atoms with Gasteiger partial charge in [-0.3, -0.25) is 23.2 Å². The number of carbonyl (C=O) groups is 2. The molecule has 40 heavy (non-hydrogen) atoms. The third kappa shape index (κ3) is 6.65. The Labute approximate surface area is 226 Å². The Morgan fingerprint density at radius 3 is 1.98 bits per heavy atom. The number of benzene rings is 3. The number of phenols is 1. The van der Waals surface area contributed by atoms with E-state index in [1.165, 1.54) is 0 Å². The topological polar surface area (TPSA) is 266 Å². The molecular weight excluding hydrogens is 596 g/mol. The fourth-order valence-corrected chi connectivity index (χ4v) is 5.24. The van der Waals surface area contributed by atoms with Crippen molar-refractivity contribution in [1.29, 1.82) is 0 Å². The lowest BCUT2D eigenvalue weighted by Gasteiger charge is -2.14. The van der Waals surface area contributed by atoms with E-state index in [1.807, 2.05) is 0 Å². The van der Waals surface area contributed by atoms with Crippen LogP contribution in [0.2, 0.25) is 0 Å². The maximum absolute atomic E-state index is 12.1. The summed E-state index contributed by atoms with van der Waals surface area (Å²) < 4.78 is 100.0. The minimum Gasteiger partial charge on any atom is -0.505 e. The molecule has 0 bridgehead atoms. The summed E-state index contributed by atoms with van der Waals surface area (Å²) in [7, 11) is -15.0. The van der Waals surface area contributed by atoms with Crippen LogP contribution in [-0.4, -0.2) is 55.8 Å². The molecule has 0 spiro atoms. The summed E-state index contributed by atoms with van der Waals surface area (Å²) in [5.41, 5.74) is -2.04. The summed E-state index contributed by atoms with van der Waals surface area (Å²) >= 11 is 0. The quantitative estimate of drug-likeness (QED) is 0.121. The number of azo groups is 1. The number of phenolic OH excluding ortho intramolecular Hbond substituents is 1. The number of nitrogens with one attached hydrogen (secondary N) is 2. The second-order valence-corrected chi connectivity index (χ2v) is 12.0. The van der Waals surface area contributed by atoms with E-state index in [9.17, 15) is 53.6 Å². The molecule has 0 aromatic heterocycles.